The molecule has 4 heteroatoms. The molecule has 1 aliphatic rings. The molecule has 2 heterocycles. The second-order valence-corrected chi connectivity index (χ2v) is 4.16. The normalized spacial score (nSPS) is 14.4. The minimum Gasteiger partial charge on any atom is -0.371 e. The lowest BCUT2D eigenvalue weighted by molar-refractivity contribution is 0.601. The van der Waals surface area contributed by atoms with E-state index < -0.39 is 0 Å². The highest BCUT2D eigenvalue weighted by Crippen LogP contribution is 2.22. The van der Waals surface area contributed by atoms with E-state index in [2.05, 4.69) is 12.2 Å². The van der Waals surface area contributed by atoms with E-state index in [1.165, 1.54) is 5.56 Å². The summed E-state index contributed by atoms with van der Waals surface area (Å²) in [6, 6.07) is 1.77. The molecule has 0 aliphatic carbocycles. The van der Waals surface area contributed by atoms with Crippen molar-refractivity contribution in [3.05, 3.63) is 27.5 Å². The SMILES string of the molecule is CCc1cc(=O)n2c(c1CCN)NCCC2. The highest BCUT2D eigenvalue weighted by atomic mass is 16.1. The van der Waals surface area contributed by atoms with Gasteiger partial charge >= 0.3 is 0 Å². The monoisotopic (exact) mass is 221 g/mol. The van der Waals surface area contributed by atoms with Crippen molar-refractivity contribution in [1.82, 2.24) is 4.57 Å². The summed E-state index contributed by atoms with van der Waals surface area (Å²) in [5.74, 6) is 1.00. The zero-order valence-electron chi connectivity index (χ0n) is 9.75. The number of nitrogens with zero attached hydrogens (tertiary/aromatic N) is 1. The average molecular weight is 221 g/mol. The van der Waals surface area contributed by atoms with Crippen molar-refractivity contribution < 1.29 is 0 Å². The summed E-state index contributed by atoms with van der Waals surface area (Å²) in [4.78, 5) is 11.9. The highest BCUT2D eigenvalue weighted by molar-refractivity contribution is 5.50. The van der Waals surface area contributed by atoms with E-state index in [0.29, 0.717) is 6.54 Å². The molecule has 2 rings (SSSR count). The fourth-order valence-electron chi connectivity index (χ4n) is 2.35. The Balaban J connectivity index is 2.58. The van der Waals surface area contributed by atoms with Gasteiger partial charge in [0.2, 0.25) is 0 Å². The van der Waals surface area contributed by atoms with Gasteiger partial charge in [0.05, 0.1) is 0 Å². The van der Waals surface area contributed by atoms with E-state index in [4.69, 9.17) is 5.73 Å². The van der Waals surface area contributed by atoms with Gasteiger partial charge in [0.25, 0.3) is 5.56 Å². The maximum Gasteiger partial charge on any atom is 0.252 e. The van der Waals surface area contributed by atoms with Gasteiger partial charge in [-0.2, -0.15) is 0 Å². The first-order chi connectivity index (χ1) is 7.77. The van der Waals surface area contributed by atoms with E-state index in [0.717, 1.165) is 43.7 Å². The number of fused-ring (bicyclic) bond motifs is 1. The van der Waals surface area contributed by atoms with Crippen LogP contribution in [0, 0.1) is 0 Å². The van der Waals surface area contributed by atoms with E-state index in [1.807, 2.05) is 4.57 Å². The van der Waals surface area contributed by atoms with Crippen molar-refractivity contribution in [3.8, 4) is 0 Å². The molecule has 4 nitrogen and oxygen atoms in total. The summed E-state index contributed by atoms with van der Waals surface area (Å²) < 4.78 is 1.84. The number of hydrogen-bond acceptors (Lipinski definition) is 3. The van der Waals surface area contributed by atoms with Crippen LogP contribution in [0.25, 0.3) is 0 Å². The molecule has 1 aliphatic heterocycles. The van der Waals surface area contributed by atoms with Crippen LogP contribution in [-0.2, 0) is 19.4 Å². The summed E-state index contributed by atoms with van der Waals surface area (Å²) in [7, 11) is 0. The molecule has 16 heavy (non-hydrogen) atoms. The minimum absolute atomic E-state index is 0.111. The number of aryl methyl sites for hydroxylation is 1. The van der Waals surface area contributed by atoms with Gasteiger partial charge in [0.1, 0.15) is 5.82 Å². The van der Waals surface area contributed by atoms with Crippen LogP contribution in [0.2, 0.25) is 0 Å². The van der Waals surface area contributed by atoms with Crippen LogP contribution in [0.15, 0.2) is 10.9 Å². The maximum atomic E-state index is 11.9. The minimum atomic E-state index is 0.111. The fourth-order valence-corrected chi connectivity index (χ4v) is 2.35. The summed E-state index contributed by atoms with van der Waals surface area (Å²) in [5.41, 5.74) is 8.11. The molecule has 0 radical (unpaired) electrons. The number of hydrogen-bond donors (Lipinski definition) is 2. The smallest absolute Gasteiger partial charge is 0.252 e. The van der Waals surface area contributed by atoms with Gasteiger partial charge in [-0.05, 0) is 36.9 Å². The average Bonchev–Trinajstić information content (AvgIpc) is 2.33. The van der Waals surface area contributed by atoms with Crippen molar-refractivity contribution in [2.75, 3.05) is 18.4 Å². The Hall–Kier alpha value is -1.29. The molecule has 0 fully saturated rings. The predicted molar refractivity (Wildman–Crippen MR) is 65.9 cm³/mol. The Bertz CT molecular complexity index is 437. The molecule has 0 spiro atoms. The Kier molecular flexibility index (Phi) is 3.29. The van der Waals surface area contributed by atoms with E-state index in [9.17, 15) is 4.79 Å². The van der Waals surface area contributed by atoms with Crippen molar-refractivity contribution in [2.24, 2.45) is 5.73 Å². The molecular formula is C12H19N3O. The van der Waals surface area contributed by atoms with Crippen molar-refractivity contribution >= 4 is 5.82 Å². The first-order valence-electron chi connectivity index (χ1n) is 5.97. The molecule has 0 saturated carbocycles. The lowest BCUT2D eigenvalue weighted by atomic mass is 10.0. The van der Waals surface area contributed by atoms with Crippen molar-refractivity contribution in [3.63, 3.8) is 0 Å². The molecule has 3 N–H and O–H groups in total. The summed E-state index contributed by atoms with van der Waals surface area (Å²) in [6.45, 7) is 4.47. The third-order valence-corrected chi connectivity index (χ3v) is 3.13. The van der Waals surface area contributed by atoms with Gasteiger partial charge < -0.3 is 11.1 Å². The number of pyridine rings is 1. The van der Waals surface area contributed by atoms with E-state index >= 15 is 0 Å². The van der Waals surface area contributed by atoms with Gasteiger partial charge in [0.15, 0.2) is 0 Å². The number of rotatable bonds is 3. The Morgan fingerprint density at radius 1 is 1.56 bits per heavy atom. The molecule has 0 saturated heterocycles. The van der Waals surface area contributed by atoms with Gasteiger partial charge in [-0.1, -0.05) is 6.92 Å². The first kappa shape index (κ1) is 11.2. The third kappa shape index (κ3) is 1.85. The van der Waals surface area contributed by atoms with Crippen molar-refractivity contribution in [1.29, 1.82) is 0 Å². The number of aromatic nitrogens is 1. The highest BCUT2D eigenvalue weighted by Gasteiger charge is 2.16. The number of anilines is 1. The molecule has 1 aromatic rings. The number of nitrogens with two attached hydrogens (primary N) is 1. The summed E-state index contributed by atoms with van der Waals surface area (Å²) >= 11 is 0. The fraction of sp³-hybridized carbons (Fsp3) is 0.583. The molecule has 88 valence electrons. The van der Waals surface area contributed by atoms with Crippen LogP contribution in [0.5, 0.6) is 0 Å². The summed E-state index contributed by atoms with van der Waals surface area (Å²) in [5, 5.41) is 3.34. The van der Waals surface area contributed by atoms with Crippen LogP contribution < -0.4 is 16.6 Å². The Morgan fingerprint density at radius 2 is 2.38 bits per heavy atom. The molecule has 0 atom stereocenters. The second-order valence-electron chi connectivity index (χ2n) is 4.16. The van der Waals surface area contributed by atoms with Gasteiger partial charge in [-0.3, -0.25) is 9.36 Å². The largest absolute Gasteiger partial charge is 0.371 e. The van der Waals surface area contributed by atoms with Crippen LogP contribution in [0.4, 0.5) is 5.82 Å². The van der Waals surface area contributed by atoms with E-state index in [1.54, 1.807) is 6.07 Å². The molecule has 1 aromatic heterocycles. The van der Waals surface area contributed by atoms with Gasteiger partial charge in [-0.25, -0.2) is 0 Å². The standard InChI is InChI=1S/C12H19N3O/c1-2-9-8-11(16)15-7-3-6-14-12(15)10(9)4-5-13/h8,14H,2-7,13H2,1H3. The van der Waals surface area contributed by atoms with Gasteiger partial charge in [0, 0.05) is 19.2 Å². The maximum absolute atomic E-state index is 11.9. The van der Waals surface area contributed by atoms with Gasteiger partial charge in [-0.15, -0.1) is 0 Å². The molecule has 0 bridgehead atoms. The predicted octanol–water partition coefficient (Wildman–Crippen LogP) is 0.727. The second kappa shape index (κ2) is 4.70. The molecule has 0 amide bonds. The quantitative estimate of drug-likeness (QED) is 0.791. The van der Waals surface area contributed by atoms with Crippen LogP contribution in [0.1, 0.15) is 24.5 Å². The van der Waals surface area contributed by atoms with Crippen LogP contribution in [0.3, 0.4) is 0 Å². The lowest BCUT2D eigenvalue weighted by Gasteiger charge is -2.24. The number of nitrogens with one attached hydrogen (secondary N) is 1. The molecule has 0 unspecified atom stereocenters. The van der Waals surface area contributed by atoms with E-state index in [-0.39, 0.29) is 5.56 Å². The topological polar surface area (TPSA) is 60.0 Å². The zero-order valence-corrected chi connectivity index (χ0v) is 9.75. The van der Waals surface area contributed by atoms with Crippen molar-refractivity contribution in [2.45, 2.75) is 32.7 Å². The zero-order chi connectivity index (χ0) is 11.5. The van der Waals surface area contributed by atoms with Crippen LogP contribution >= 0.6 is 0 Å². The van der Waals surface area contributed by atoms with Crippen LogP contribution in [-0.4, -0.2) is 17.7 Å². The Labute approximate surface area is 95.5 Å². The lowest BCUT2D eigenvalue weighted by Crippen LogP contribution is -2.31. The molecule has 0 aromatic carbocycles. The Morgan fingerprint density at radius 3 is 3.06 bits per heavy atom. The third-order valence-electron chi connectivity index (χ3n) is 3.13. The first-order valence-corrected chi connectivity index (χ1v) is 5.97. The molecular weight excluding hydrogens is 202 g/mol. The summed E-state index contributed by atoms with van der Waals surface area (Å²) in [6.07, 6.45) is 2.74.